The van der Waals surface area contributed by atoms with E-state index in [9.17, 15) is 12.8 Å². The second-order valence-corrected chi connectivity index (χ2v) is 11.2. The van der Waals surface area contributed by atoms with E-state index in [1.54, 1.807) is 42.5 Å². The summed E-state index contributed by atoms with van der Waals surface area (Å²) in [5.41, 5.74) is 7.10. The number of rotatable bonds is 8. The molecule has 1 aliphatic heterocycles. The second-order valence-electron chi connectivity index (χ2n) is 8.15. The van der Waals surface area contributed by atoms with E-state index in [0.717, 1.165) is 5.56 Å². The van der Waals surface area contributed by atoms with Gasteiger partial charge in [0.05, 0.1) is 4.90 Å². The number of halogens is 1. The Morgan fingerprint density at radius 1 is 1.12 bits per heavy atom. The van der Waals surface area contributed by atoms with Gasteiger partial charge in [0.25, 0.3) is 0 Å². The van der Waals surface area contributed by atoms with Crippen LogP contribution in [0.15, 0.2) is 82.8 Å². The van der Waals surface area contributed by atoms with E-state index >= 15 is 0 Å². The molecule has 0 amide bonds. The average molecular weight is 499 g/mol. The third-order valence-corrected chi connectivity index (χ3v) is 8.51. The summed E-state index contributed by atoms with van der Waals surface area (Å²) in [5.74, 6) is 0.141. The predicted molar refractivity (Wildman–Crippen MR) is 135 cm³/mol. The summed E-state index contributed by atoms with van der Waals surface area (Å²) < 4.78 is 43.0. The van der Waals surface area contributed by atoms with E-state index in [4.69, 9.17) is 10.7 Å². The van der Waals surface area contributed by atoms with Gasteiger partial charge in [-0.15, -0.1) is 0 Å². The van der Waals surface area contributed by atoms with E-state index in [-0.39, 0.29) is 11.4 Å². The van der Waals surface area contributed by atoms with Crippen molar-refractivity contribution in [2.75, 3.05) is 18.8 Å². The number of pyridine rings is 1. The number of nitrogens with two attached hydrogens (primary N) is 1. The third-order valence-electron chi connectivity index (χ3n) is 5.85. The number of nitrogens with zero attached hydrogens (tertiary/aromatic N) is 3. The summed E-state index contributed by atoms with van der Waals surface area (Å²) >= 11 is 1.45. The number of thioether (sulfide) groups is 1. The van der Waals surface area contributed by atoms with Crippen molar-refractivity contribution in [1.82, 2.24) is 9.29 Å². The molecular formula is C25H27FN4O2S2. The first-order valence-corrected chi connectivity index (χ1v) is 13.5. The quantitative estimate of drug-likeness (QED) is 0.457. The summed E-state index contributed by atoms with van der Waals surface area (Å²) in [4.78, 5) is 8.82. The zero-order valence-corrected chi connectivity index (χ0v) is 20.5. The summed E-state index contributed by atoms with van der Waals surface area (Å²) in [6.45, 7) is 2.43. The monoisotopic (exact) mass is 498 g/mol. The van der Waals surface area contributed by atoms with Crippen LogP contribution < -0.4 is 5.73 Å². The smallest absolute Gasteiger partial charge is 0.243 e. The molecule has 2 aromatic carbocycles. The molecular weight excluding hydrogens is 471 g/mol. The van der Waals surface area contributed by atoms with Gasteiger partial charge >= 0.3 is 0 Å². The van der Waals surface area contributed by atoms with Crippen molar-refractivity contribution in [3.8, 4) is 11.1 Å². The molecule has 6 nitrogen and oxygen atoms in total. The van der Waals surface area contributed by atoms with Gasteiger partial charge in [-0.2, -0.15) is 8.70 Å². The molecule has 0 radical (unpaired) electrons. The van der Waals surface area contributed by atoms with Crippen LogP contribution in [0.3, 0.4) is 0 Å². The van der Waals surface area contributed by atoms with Gasteiger partial charge in [0, 0.05) is 30.6 Å². The minimum atomic E-state index is -3.75. The number of amidine groups is 1. The van der Waals surface area contributed by atoms with Crippen molar-refractivity contribution in [3.63, 3.8) is 0 Å². The van der Waals surface area contributed by atoms with Gasteiger partial charge in [-0.25, -0.2) is 18.4 Å². The van der Waals surface area contributed by atoms with Gasteiger partial charge < -0.3 is 5.73 Å². The Kier molecular flexibility index (Phi) is 7.35. The van der Waals surface area contributed by atoms with Gasteiger partial charge in [-0.05, 0) is 54.3 Å². The zero-order valence-electron chi connectivity index (χ0n) is 18.9. The summed E-state index contributed by atoms with van der Waals surface area (Å²) in [6, 6.07) is 19.2. The summed E-state index contributed by atoms with van der Waals surface area (Å²) in [6.07, 6.45) is 2.66. The standard InChI is InChI=1S/C25H27FN4O2S2/c1-2-15-30(34(31,32)21-10-4-3-5-11-21)18-25(13-16-33-24(27)29-25)20-9-6-8-19(17-20)22-12-7-14-28-23(22)26/h3-12,14,17H,2,13,15-16,18H2,1H3,(H2,27,29)/t25-/m1/s1. The molecule has 178 valence electrons. The molecule has 2 N–H and O–H groups in total. The molecule has 34 heavy (non-hydrogen) atoms. The van der Waals surface area contributed by atoms with Crippen LogP contribution in [0.25, 0.3) is 11.1 Å². The molecule has 1 aromatic heterocycles. The summed E-state index contributed by atoms with van der Waals surface area (Å²) in [5, 5.41) is 0.415. The summed E-state index contributed by atoms with van der Waals surface area (Å²) in [7, 11) is -3.75. The average Bonchev–Trinajstić information content (AvgIpc) is 2.85. The Balaban J connectivity index is 1.80. The normalized spacial score (nSPS) is 18.6. The molecule has 0 fully saturated rings. The molecule has 4 rings (SSSR count). The highest BCUT2D eigenvalue weighted by Crippen LogP contribution is 2.39. The van der Waals surface area contributed by atoms with Crippen molar-refractivity contribution >= 4 is 27.0 Å². The Labute approximate surface area is 204 Å². The van der Waals surface area contributed by atoms with Crippen molar-refractivity contribution in [2.45, 2.75) is 30.2 Å². The number of aliphatic imine (C=N–C) groups is 1. The highest BCUT2D eigenvalue weighted by Gasteiger charge is 2.40. The SMILES string of the molecule is CCCN(C[C@@]1(c2cccc(-c3cccnc3F)c2)CCSC(N)=N1)S(=O)(=O)c1ccccc1. The molecule has 0 spiro atoms. The first-order chi connectivity index (χ1) is 16.4. The minimum absolute atomic E-state index is 0.137. The fraction of sp³-hybridized carbons (Fsp3) is 0.280. The van der Waals surface area contributed by atoms with Crippen LogP contribution in [0.1, 0.15) is 25.3 Å². The largest absolute Gasteiger partial charge is 0.379 e. The molecule has 0 saturated heterocycles. The van der Waals surface area contributed by atoms with Crippen molar-refractivity contribution < 1.29 is 12.8 Å². The Hall–Kier alpha value is -2.75. The van der Waals surface area contributed by atoms with Gasteiger partial charge in [0.2, 0.25) is 16.0 Å². The van der Waals surface area contributed by atoms with Crippen molar-refractivity contribution in [2.24, 2.45) is 10.7 Å². The molecule has 2 heterocycles. The second kappa shape index (κ2) is 10.2. The third kappa shape index (κ3) is 5.01. The number of benzene rings is 2. The number of aromatic nitrogens is 1. The van der Waals surface area contributed by atoms with Gasteiger partial charge in [0.15, 0.2) is 5.17 Å². The van der Waals surface area contributed by atoms with Gasteiger partial charge in [-0.3, -0.25) is 0 Å². The van der Waals surface area contributed by atoms with Crippen LogP contribution in [-0.2, 0) is 15.6 Å². The first-order valence-electron chi connectivity index (χ1n) is 11.1. The maximum absolute atomic E-state index is 14.4. The molecule has 0 unspecified atom stereocenters. The van der Waals surface area contributed by atoms with Crippen LogP contribution in [0.5, 0.6) is 0 Å². The molecule has 9 heteroatoms. The van der Waals surface area contributed by atoms with Gasteiger partial charge in [-0.1, -0.05) is 55.1 Å². The van der Waals surface area contributed by atoms with Crippen molar-refractivity contribution in [1.29, 1.82) is 0 Å². The molecule has 0 aliphatic carbocycles. The topological polar surface area (TPSA) is 88.7 Å². The molecule has 0 saturated carbocycles. The van der Waals surface area contributed by atoms with Gasteiger partial charge in [0.1, 0.15) is 5.54 Å². The van der Waals surface area contributed by atoms with E-state index in [0.29, 0.717) is 41.4 Å². The van der Waals surface area contributed by atoms with E-state index < -0.39 is 21.5 Å². The fourth-order valence-corrected chi connectivity index (χ4v) is 6.68. The number of sulfonamides is 1. The molecule has 1 aliphatic rings. The van der Waals surface area contributed by atoms with E-state index in [1.807, 2.05) is 31.2 Å². The van der Waals surface area contributed by atoms with E-state index in [2.05, 4.69) is 4.98 Å². The van der Waals surface area contributed by atoms with Crippen LogP contribution in [0, 0.1) is 5.95 Å². The lowest BCUT2D eigenvalue weighted by molar-refractivity contribution is 0.299. The maximum atomic E-state index is 14.4. The first kappa shape index (κ1) is 24.4. The molecule has 0 bridgehead atoms. The Bertz CT molecular complexity index is 1280. The minimum Gasteiger partial charge on any atom is -0.379 e. The maximum Gasteiger partial charge on any atom is 0.243 e. The molecule has 3 aromatic rings. The Morgan fingerprint density at radius 3 is 2.62 bits per heavy atom. The lowest BCUT2D eigenvalue weighted by Crippen LogP contribution is -2.45. The highest BCUT2D eigenvalue weighted by molar-refractivity contribution is 8.13. The number of hydrogen-bond acceptors (Lipinski definition) is 6. The lowest BCUT2D eigenvalue weighted by atomic mass is 9.85. The number of hydrogen-bond donors (Lipinski definition) is 1. The highest BCUT2D eigenvalue weighted by atomic mass is 32.2. The van der Waals surface area contributed by atoms with Crippen molar-refractivity contribution in [3.05, 3.63) is 84.4 Å². The van der Waals surface area contributed by atoms with Crippen LogP contribution in [-0.4, -0.2) is 41.7 Å². The predicted octanol–water partition coefficient (Wildman–Crippen LogP) is 4.64. The lowest BCUT2D eigenvalue weighted by Gasteiger charge is -2.38. The van der Waals surface area contributed by atoms with Crippen LogP contribution in [0.4, 0.5) is 4.39 Å². The van der Waals surface area contributed by atoms with E-state index in [1.165, 1.54) is 22.3 Å². The molecule has 1 atom stereocenters. The van der Waals surface area contributed by atoms with Crippen LogP contribution >= 0.6 is 11.8 Å². The zero-order chi connectivity index (χ0) is 24.2. The van der Waals surface area contributed by atoms with Crippen LogP contribution in [0.2, 0.25) is 0 Å². The Morgan fingerprint density at radius 2 is 1.91 bits per heavy atom. The fourth-order valence-electron chi connectivity index (χ4n) is 4.18.